The normalized spacial score (nSPS) is 9.89. The number of halogens is 2. The third-order valence-corrected chi connectivity index (χ3v) is 2.73. The number of carbonyl (C=O) groups excluding carboxylic acids is 2. The molecule has 0 aliphatic heterocycles. The van der Waals surface area contributed by atoms with E-state index in [1.807, 2.05) is 0 Å². The smallest absolute Gasteiger partial charge is 0.404 e. The zero-order valence-electron chi connectivity index (χ0n) is 9.20. The standard InChI is InChI=1S/C10H11Cl2N3O3/c11-7-4-5(13)3-6(8(7)12)9(16)15-1-2-18-10(14)17/h3-4H,1-2,13H2,(H2,14,17)(H,15,16). The molecule has 18 heavy (non-hydrogen) atoms. The van der Waals surface area contributed by atoms with E-state index in [0.29, 0.717) is 5.69 Å². The first-order valence-corrected chi connectivity index (χ1v) is 5.62. The highest BCUT2D eigenvalue weighted by molar-refractivity contribution is 6.44. The van der Waals surface area contributed by atoms with Gasteiger partial charge < -0.3 is 21.5 Å². The monoisotopic (exact) mass is 291 g/mol. The second-order valence-electron chi connectivity index (χ2n) is 3.29. The average molecular weight is 292 g/mol. The summed E-state index contributed by atoms with van der Waals surface area (Å²) in [5.41, 5.74) is 10.8. The Morgan fingerprint density at radius 2 is 2.00 bits per heavy atom. The second-order valence-corrected chi connectivity index (χ2v) is 4.07. The first-order chi connectivity index (χ1) is 8.41. The SMILES string of the molecule is NC(=O)OCCNC(=O)c1cc(N)cc(Cl)c1Cl. The Labute approximate surface area is 113 Å². The molecule has 8 heteroatoms. The molecule has 0 spiro atoms. The highest BCUT2D eigenvalue weighted by Crippen LogP contribution is 2.28. The number of carbonyl (C=O) groups is 2. The van der Waals surface area contributed by atoms with E-state index in [2.05, 4.69) is 10.1 Å². The third-order valence-electron chi connectivity index (χ3n) is 1.93. The minimum atomic E-state index is -0.908. The topological polar surface area (TPSA) is 107 Å². The molecular formula is C10H11Cl2N3O3. The molecule has 98 valence electrons. The number of rotatable bonds is 4. The summed E-state index contributed by atoms with van der Waals surface area (Å²) in [4.78, 5) is 22.0. The number of ether oxygens (including phenoxy) is 1. The Morgan fingerprint density at radius 1 is 1.33 bits per heavy atom. The first kappa shape index (κ1) is 14.4. The van der Waals surface area contributed by atoms with E-state index in [1.54, 1.807) is 0 Å². The Bertz CT molecular complexity index is 480. The second kappa shape index (κ2) is 6.32. The van der Waals surface area contributed by atoms with Crippen molar-refractivity contribution < 1.29 is 14.3 Å². The van der Waals surface area contributed by atoms with Crippen LogP contribution in [0.4, 0.5) is 10.5 Å². The quantitative estimate of drug-likeness (QED) is 0.575. The summed E-state index contributed by atoms with van der Waals surface area (Å²) in [5, 5.41) is 2.78. The minimum Gasteiger partial charge on any atom is -0.448 e. The summed E-state index contributed by atoms with van der Waals surface area (Å²) in [5.74, 6) is -0.470. The van der Waals surface area contributed by atoms with Crippen molar-refractivity contribution in [3.05, 3.63) is 27.7 Å². The van der Waals surface area contributed by atoms with Gasteiger partial charge in [-0.25, -0.2) is 4.79 Å². The van der Waals surface area contributed by atoms with Crippen LogP contribution in [0.3, 0.4) is 0 Å². The van der Waals surface area contributed by atoms with Crippen LogP contribution in [0, 0.1) is 0 Å². The maximum atomic E-state index is 11.7. The van der Waals surface area contributed by atoms with Crippen LogP contribution in [0.15, 0.2) is 12.1 Å². The van der Waals surface area contributed by atoms with Crippen molar-refractivity contribution in [1.29, 1.82) is 0 Å². The van der Waals surface area contributed by atoms with Gasteiger partial charge in [0.05, 0.1) is 22.2 Å². The summed E-state index contributed by atoms with van der Waals surface area (Å²) in [7, 11) is 0. The van der Waals surface area contributed by atoms with Crippen LogP contribution < -0.4 is 16.8 Å². The Morgan fingerprint density at radius 3 is 2.61 bits per heavy atom. The molecule has 2 amide bonds. The molecule has 0 saturated carbocycles. The van der Waals surface area contributed by atoms with Crippen molar-refractivity contribution in [1.82, 2.24) is 5.32 Å². The van der Waals surface area contributed by atoms with E-state index < -0.39 is 12.0 Å². The van der Waals surface area contributed by atoms with Gasteiger partial charge in [-0.15, -0.1) is 0 Å². The van der Waals surface area contributed by atoms with E-state index in [4.69, 9.17) is 34.7 Å². The summed E-state index contributed by atoms with van der Waals surface area (Å²) in [6, 6.07) is 2.84. The fraction of sp³-hybridized carbons (Fsp3) is 0.200. The molecule has 0 bridgehead atoms. The molecule has 6 nitrogen and oxygen atoms in total. The summed E-state index contributed by atoms with van der Waals surface area (Å²) < 4.78 is 4.45. The number of benzene rings is 1. The number of hydrogen-bond donors (Lipinski definition) is 3. The third kappa shape index (κ3) is 3.97. The van der Waals surface area contributed by atoms with Crippen molar-refractivity contribution in [3.8, 4) is 0 Å². The molecule has 1 aromatic rings. The van der Waals surface area contributed by atoms with E-state index in [9.17, 15) is 9.59 Å². The molecule has 0 heterocycles. The van der Waals surface area contributed by atoms with Crippen LogP contribution in [0.1, 0.15) is 10.4 Å². The van der Waals surface area contributed by atoms with E-state index in [1.165, 1.54) is 12.1 Å². The maximum absolute atomic E-state index is 11.7. The Balaban J connectivity index is 2.64. The molecular weight excluding hydrogens is 281 g/mol. The summed E-state index contributed by atoms with van der Waals surface area (Å²) >= 11 is 11.7. The van der Waals surface area contributed by atoms with Gasteiger partial charge in [-0.05, 0) is 12.1 Å². The van der Waals surface area contributed by atoms with Gasteiger partial charge in [-0.1, -0.05) is 23.2 Å². The Hall–Kier alpha value is -1.66. The van der Waals surface area contributed by atoms with Crippen LogP contribution in [0.2, 0.25) is 10.0 Å². The minimum absolute atomic E-state index is 0.0330. The number of anilines is 1. The predicted octanol–water partition coefficient (Wildman–Crippen LogP) is 1.40. The molecule has 0 aliphatic carbocycles. The van der Waals surface area contributed by atoms with E-state index in [-0.39, 0.29) is 28.8 Å². The summed E-state index contributed by atoms with van der Waals surface area (Å²) in [6.45, 7) is 0.0687. The van der Waals surface area contributed by atoms with Gasteiger partial charge in [0, 0.05) is 5.69 Å². The molecule has 0 saturated heterocycles. The number of nitrogens with one attached hydrogen (secondary N) is 1. The van der Waals surface area contributed by atoms with Crippen molar-refractivity contribution >= 4 is 40.9 Å². The number of nitrogens with two attached hydrogens (primary N) is 2. The van der Waals surface area contributed by atoms with Gasteiger partial charge >= 0.3 is 6.09 Å². The van der Waals surface area contributed by atoms with Gasteiger partial charge in [0.25, 0.3) is 5.91 Å². The highest BCUT2D eigenvalue weighted by Gasteiger charge is 2.13. The predicted molar refractivity (Wildman–Crippen MR) is 68.7 cm³/mol. The fourth-order valence-electron chi connectivity index (χ4n) is 1.19. The summed E-state index contributed by atoms with van der Waals surface area (Å²) in [6.07, 6.45) is -0.908. The van der Waals surface area contributed by atoms with Crippen molar-refractivity contribution in [3.63, 3.8) is 0 Å². The lowest BCUT2D eigenvalue weighted by Crippen LogP contribution is -2.29. The molecule has 1 aromatic carbocycles. The Kier molecular flexibility index (Phi) is 5.06. The molecule has 0 radical (unpaired) electrons. The maximum Gasteiger partial charge on any atom is 0.404 e. The van der Waals surface area contributed by atoms with Crippen molar-refractivity contribution in [2.75, 3.05) is 18.9 Å². The van der Waals surface area contributed by atoms with Gasteiger partial charge in [0.2, 0.25) is 0 Å². The number of hydrogen-bond acceptors (Lipinski definition) is 4. The van der Waals surface area contributed by atoms with Gasteiger partial charge in [-0.2, -0.15) is 0 Å². The number of primary amides is 1. The van der Waals surface area contributed by atoms with Crippen molar-refractivity contribution in [2.24, 2.45) is 5.73 Å². The van der Waals surface area contributed by atoms with Crippen LogP contribution in [-0.2, 0) is 4.74 Å². The van der Waals surface area contributed by atoms with Gasteiger partial charge in [0.1, 0.15) is 6.61 Å². The van der Waals surface area contributed by atoms with E-state index >= 15 is 0 Å². The molecule has 5 N–H and O–H groups in total. The number of nitrogen functional groups attached to an aromatic ring is 1. The fourth-order valence-corrected chi connectivity index (χ4v) is 1.61. The van der Waals surface area contributed by atoms with Gasteiger partial charge in [0.15, 0.2) is 0 Å². The number of amides is 2. The van der Waals surface area contributed by atoms with Crippen molar-refractivity contribution in [2.45, 2.75) is 0 Å². The highest BCUT2D eigenvalue weighted by atomic mass is 35.5. The molecule has 0 unspecified atom stereocenters. The van der Waals surface area contributed by atoms with Crippen LogP contribution in [0.5, 0.6) is 0 Å². The van der Waals surface area contributed by atoms with Crippen LogP contribution in [-0.4, -0.2) is 25.2 Å². The molecule has 0 atom stereocenters. The van der Waals surface area contributed by atoms with Crippen LogP contribution in [0.25, 0.3) is 0 Å². The molecule has 1 rings (SSSR count). The molecule has 0 fully saturated rings. The zero-order chi connectivity index (χ0) is 13.7. The largest absolute Gasteiger partial charge is 0.448 e. The molecule has 0 aliphatic rings. The van der Waals surface area contributed by atoms with Crippen LogP contribution >= 0.6 is 23.2 Å². The lowest BCUT2D eigenvalue weighted by molar-refractivity contribution is 0.0937. The lowest BCUT2D eigenvalue weighted by Gasteiger charge is -2.08. The van der Waals surface area contributed by atoms with E-state index in [0.717, 1.165) is 0 Å². The zero-order valence-corrected chi connectivity index (χ0v) is 10.7. The lowest BCUT2D eigenvalue weighted by atomic mass is 10.2. The van der Waals surface area contributed by atoms with Gasteiger partial charge in [-0.3, -0.25) is 4.79 Å². The average Bonchev–Trinajstić information content (AvgIpc) is 2.28. The first-order valence-electron chi connectivity index (χ1n) is 4.86. The molecule has 0 aromatic heterocycles.